The molecule has 1 unspecified atom stereocenters. The van der Waals surface area contributed by atoms with E-state index in [1.807, 2.05) is 0 Å². The number of anilines is 1. The molecule has 2 N–H and O–H groups in total. The van der Waals surface area contributed by atoms with Crippen LogP contribution >= 0.6 is 0 Å². The quantitative estimate of drug-likeness (QED) is 0.540. The Hall–Kier alpha value is -3.43. The molecule has 1 aliphatic carbocycles. The van der Waals surface area contributed by atoms with Gasteiger partial charge >= 0.3 is 12.5 Å². The van der Waals surface area contributed by atoms with Gasteiger partial charge in [0, 0.05) is 5.41 Å². The number of amides is 1. The SMILES string of the molecule is CC1([C@@]2(c3ccc(O)cc3)C(=O)Nc3c(C(F)(F)F)cccc32)C=CC(OC(F)(F)F)=CC1. The second-order valence-corrected chi connectivity index (χ2v) is 8.09. The topological polar surface area (TPSA) is 58.6 Å². The van der Waals surface area contributed by atoms with E-state index < -0.39 is 46.3 Å². The number of alkyl halides is 6. The first-order valence-corrected chi connectivity index (χ1v) is 9.75. The van der Waals surface area contributed by atoms with Crippen LogP contribution in [-0.2, 0) is 21.1 Å². The predicted octanol–water partition coefficient (Wildman–Crippen LogP) is 6.04. The molecule has 10 heteroatoms. The predicted molar refractivity (Wildman–Crippen MR) is 106 cm³/mol. The van der Waals surface area contributed by atoms with Crippen LogP contribution in [0.3, 0.4) is 0 Å². The summed E-state index contributed by atoms with van der Waals surface area (Å²) in [5, 5.41) is 12.1. The summed E-state index contributed by atoms with van der Waals surface area (Å²) >= 11 is 0. The summed E-state index contributed by atoms with van der Waals surface area (Å²) in [6.45, 7) is 1.58. The molecule has 0 bridgehead atoms. The van der Waals surface area contributed by atoms with Crippen molar-refractivity contribution in [2.24, 2.45) is 5.41 Å². The summed E-state index contributed by atoms with van der Waals surface area (Å²) in [5.41, 5.74) is -4.13. The molecule has 4 nitrogen and oxygen atoms in total. The van der Waals surface area contributed by atoms with E-state index in [0.29, 0.717) is 0 Å². The Bertz CT molecular complexity index is 1170. The summed E-state index contributed by atoms with van der Waals surface area (Å²) in [4.78, 5) is 13.5. The van der Waals surface area contributed by atoms with Crippen molar-refractivity contribution in [2.45, 2.75) is 31.3 Å². The Labute approximate surface area is 184 Å². The van der Waals surface area contributed by atoms with Crippen molar-refractivity contribution in [3.63, 3.8) is 0 Å². The van der Waals surface area contributed by atoms with Gasteiger partial charge in [-0.2, -0.15) is 13.2 Å². The van der Waals surface area contributed by atoms with E-state index in [1.165, 1.54) is 42.5 Å². The van der Waals surface area contributed by atoms with Crippen LogP contribution in [0.4, 0.5) is 32.0 Å². The molecular weight excluding hydrogens is 452 g/mol. The average Bonchev–Trinajstić information content (AvgIpc) is 3.02. The molecule has 0 radical (unpaired) electrons. The molecule has 0 saturated heterocycles. The third-order valence-electron chi connectivity index (χ3n) is 6.09. The molecule has 2 aromatic carbocycles. The maximum Gasteiger partial charge on any atom is 0.573 e. The van der Waals surface area contributed by atoms with Gasteiger partial charge in [0.2, 0.25) is 5.91 Å². The summed E-state index contributed by atoms with van der Waals surface area (Å²) in [5.74, 6) is -1.37. The highest BCUT2D eigenvalue weighted by molar-refractivity contribution is 6.10. The number of hydrogen-bond acceptors (Lipinski definition) is 3. The van der Waals surface area contributed by atoms with Crippen molar-refractivity contribution in [1.82, 2.24) is 0 Å². The number of carbonyl (C=O) groups excluding carboxylic acids is 1. The fraction of sp³-hybridized carbons (Fsp3) is 0.261. The molecule has 2 atom stereocenters. The van der Waals surface area contributed by atoms with E-state index >= 15 is 0 Å². The second kappa shape index (κ2) is 7.29. The Morgan fingerprint density at radius 2 is 1.70 bits per heavy atom. The van der Waals surface area contributed by atoms with Gasteiger partial charge in [-0.05, 0) is 47.9 Å². The number of carbonyl (C=O) groups is 1. The van der Waals surface area contributed by atoms with Gasteiger partial charge in [0.05, 0.1) is 11.3 Å². The number of phenolic OH excluding ortho intramolecular Hbond substituents is 1. The molecule has 2 aliphatic rings. The molecule has 174 valence electrons. The lowest BCUT2D eigenvalue weighted by Crippen LogP contribution is -2.49. The Morgan fingerprint density at radius 3 is 2.24 bits per heavy atom. The molecule has 1 aliphatic heterocycles. The molecule has 2 aromatic rings. The summed E-state index contributed by atoms with van der Waals surface area (Å²) in [7, 11) is 0. The van der Waals surface area contributed by atoms with Crippen LogP contribution in [0.25, 0.3) is 0 Å². The highest BCUT2D eigenvalue weighted by Gasteiger charge is 2.60. The number of ether oxygens (including phenoxy) is 1. The maximum atomic E-state index is 13.7. The highest BCUT2D eigenvalue weighted by atomic mass is 19.4. The third kappa shape index (κ3) is 3.63. The number of hydrogen-bond donors (Lipinski definition) is 2. The highest BCUT2D eigenvalue weighted by Crippen LogP contribution is 2.58. The first-order valence-electron chi connectivity index (χ1n) is 9.75. The summed E-state index contributed by atoms with van der Waals surface area (Å²) in [6, 6.07) is 8.82. The van der Waals surface area contributed by atoms with E-state index in [0.717, 1.165) is 18.2 Å². The molecule has 1 heterocycles. The van der Waals surface area contributed by atoms with E-state index in [4.69, 9.17) is 0 Å². The first kappa shape index (κ1) is 22.8. The van der Waals surface area contributed by atoms with Crippen molar-refractivity contribution < 1.29 is 41.0 Å². The zero-order valence-corrected chi connectivity index (χ0v) is 17.0. The van der Waals surface area contributed by atoms with Crippen LogP contribution < -0.4 is 5.32 Å². The van der Waals surface area contributed by atoms with Crippen molar-refractivity contribution in [3.8, 4) is 5.75 Å². The van der Waals surface area contributed by atoms with E-state index in [9.17, 15) is 36.2 Å². The second-order valence-electron chi connectivity index (χ2n) is 8.09. The number of fused-ring (bicyclic) bond motifs is 1. The van der Waals surface area contributed by atoms with Gasteiger partial charge in [0.15, 0.2) is 0 Å². The lowest BCUT2D eigenvalue weighted by atomic mass is 9.55. The van der Waals surface area contributed by atoms with Gasteiger partial charge in [-0.1, -0.05) is 37.3 Å². The van der Waals surface area contributed by atoms with E-state index in [-0.39, 0.29) is 23.3 Å². The zero-order chi connectivity index (χ0) is 24.2. The van der Waals surface area contributed by atoms with Crippen LogP contribution in [0.15, 0.2) is 66.5 Å². The van der Waals surface area contributed by atoms with Gasteiger partial charge in [-0.15, -0.1) is 13.2 Å². The number of benzene rings is 2. The third-order valence-corrected chi connectivity index (χ3v) is 6.09. The first-order chi connectivity index (χ1) is 15.3. The Morgan fingerprint density at radius 1 is 1.03 bits per heavy atom. The van der Waals surface area contributed by atoms with Gasteiger partial charge in [0.25, 0.3) is 0 Å². The molecule has 33 heavy (non-hydrogen) atoms. The number of nitrogens with one attached hydrogen (secondary N) is 1. The lowest BCUT2D eigenvalue weighted by Gasteiger charge is -2.44. The van der Waals surface area contributed by atoms with Crippen molar-refractivity contribution in [2.75, 3.05) is 5.32 Å². The van der Waals surface area contributed by atoms with Crippen LogP contribution in [-0.4, -0.2) is 17.4 Å². The monoisotopic (exact) mass is 469 g/mol. The minimum atomic E-state index is -4.92. The Balaban J connectivity index is 1.94. The minimum Gasteiger partial charge on any atom is -0.508 e. The van der Waals surface area contributed by atoms with Crippen molar-refractivity contribution in [3.05, 3.63) is 83.1 Å². The number of aromatic hydroxyl groups is 1. The standard InChI is InChI=1S/C23H17F6NO3/c1-20(11-9-15(10-12-20)33-23(27,28)29)21(13-5-7-14(31)8-6-13)16-3-2-4-17(22(24,25)26)18(16)30-19(21)32/h2-11,31H,12H2,1H3,(H,30,32)/t20?,21-/m1/s1. The number of allylic oxidation sites excluding steroid dienone is 3. The molecule has 1 amide bonds. The van der Waals surface area contributed by atoms with Crippen LogP contribution in [0.5, 0.6) is 5.75 Å². The number of phenols is 1. The average molecular weight is 469 g/mol. The van der Waals surface area contributed by atoms with E-state index in [1.54, 1.807) is 6.92 Å². The summed E-state index contributed by atoms with van der Waals surface area (Å²) < 4.78 is 82.9. The number of para-hydroxylation sites is 1. The van der Waals surface area contributed by atoms with Crippen molar-refractivity contribution in [1.29, 1.82) is 0 Å². The molecular formula is C23H17F6NO3. The molecule has 0 saturated carbocycles. The summed E-state index contributed by atoms with van der Waals surface area (Å²) in [6.07, 6.45) is -6.26. The van der Waals surface area contributed by atoms with Gasteiger partial charge in [-0.25, -0.2) is 0 Å². The van der Waals surface area contributed by atoms with Crippen LogP contribution in [0, 0.1) is 5.41 Å². The van der Waals surface area contributed by atoms with E-state index in [2.05, 4.69) is 10.1 Å². The largest absolute Gasteiger partial charge is 0.573 e. The van der Waals surface area contributed by atoms with Gasteiger partial charge in [0.1, 0.15) is 16.9 Å². The van der Waals surface area contributed by atoms with Gasteiger partial charge < -0.3 is 15.2 Å². The normalized spacial score (nSPS) is 24.8. The number of halogens is 6. The zero-order valence-electron chi connectivity index (χ0n) is 17.0. The lowest BCUT2D eigenvalue weighted by molar-refractivity contribution is -0.303. The Kier molecular flexibility index (Phi) is 5.03. The fourth-order valence-corrected chi connectivity index (χ4v) is 4.66. The maximum absolute atomic E-state index is 13.7. The molecule has 0 fully saturated rings. The fourth-order valence-electron chi connectivity index (χ4n) is 4.66. The molecule has 4 rings (SSSR count). The van der Waals surface area contributed by atoms with Gasteiger partial charge in [-0.3, -0.25) is 4.79 Å². The van der Waals surface area contributed by atoms with Crippen LogP contribution in [0.1, 0.15) is 30.0 Å². The van der Waals surface area contributed by atoms with Crippen LogP contribution in [0.2, 0.25) is 0 Å². The minimum absolute atomic E-state index is 0.0359. The molecule has 0 aromatic heterocycles. The smallest absolute Gasteiger partial charge is 0.508 e. The number of rotatable bonds is 3. The molecule has 0 spiro atoms. The van der Waals surface area contributed by atoms with Crippen molar-refractivity contribution >= 4 is 11.6 Å².